The zero-order valence-electron chi connectivity index (χ0n) is 11.8. The fourth-order valence-electron chi connectivity index (χ4n) is 2.18. The summed E-state index contributed by atoms with van der Waals surface area (Å²) in [6.45, 7) is 7.03. The fourth-order valence-corrected chi connectivity index (χ4v) is 2.18. The van der Waals surface area contributed by atoms with E-state index in [0.717, 1.165) is 25.9 Å². The van der Waals surface area contributed by atoms with Crippen LogP contribution in [0.4, 0.5) is 0 Å². The Morgan fingerprint density at radius 3 is 2.39 bits per heavy atom. The Morgan fingerprint density at radius 2 is 1.89 bits per heavy atom. The minimum atomic E-state index is 0.174. The lowest BCUT2D eigenvalue weighted by molar-refractivity contribution is 0.0281. The van der Waals surface area contributed by atoms with Gasteiger partial charge in [0.25, 0.3) is 0 Å². The van der Waals surface area contributed by atoms with Crippen molar-refractivity contribution in [1.29, 1.82) is 0 Å². The molecule has 3 N–H and O–H groups in total. The van der Waals surface area contributed by atoms with Gasteiger partial charge in [0.15, 0.2) is 0 Å². The first kappa shape index (κ1) is 15.2. The summed E-state index contributed by atoms with van der Waals surface area (Å²) in [4.78, 5) is 0. The van der Waals surface area contributed by atoms with Crippen molar-refractivity contribution < 1.29 is 4.74 Å². The zero-order valence-corrected chi connectivity index (χ0v) is 11.8. The minimum absolute atomic E-state index is 0.174. The number of nitrogens with one attached hydrogen (secondary N) is 1. The van der Waals surface area contributed by atoms with Crippen LogP contribution in [0.15, 0.2) is 24.3 Å². The van der Waals surface area contributed by atoms with E-state index in [-0.39, 0.29) is 12.1 Å². The fraction of sp³-hybridized carbons (Fsp3) is 0.600. The van der Waals surface area contributed by atoms with Crippen molar-refractivity contribution in [2.24, 2.45) is 5.84 Å². The van der Waals surface area contributed by atoms with Crippen molar-refractivity contribution in [3.05, 3.63) is 35.4 Å². The summed E-state index contributed by atoms with van der Waals surface area (Å²) in [5.74, 6) is 5.68. The van der Waals surface area contributed by atoms with Gasteiger partial charge in [-0.3, -0.25) is 11.3 Å². The van der Waals surface area contributed by atoms with Gasteiger partial charge < -0.3 is 4.74 Å². The number of benzene rings is 1. The average Bonchev–Trinajstić information content (AvgIpc) is 2.38. The van der Waals surface area contributed by atoms with Crippen molar-refractivity contribution in [2.45, 2.75) is 52.2 Å². The highest BCUT2D eigenvalue weighted by Gasteiger charge is 2.20. The largest absolute Gasteiger partial charge is 0.377 e. The Hall–Kier alpha value is -0.900. The summed E-state index contributed by atoms with van der Waals surface area (Å²) in [5.41, 5.74) is 5.49. The number of hydrogen-bond donors (Lipinski definition) is 2. The van der Waals surface area contributed by atoms with Crippen molar-refractivity contribution in [2.75, 3.05) is 6.61 Å². The predicted octanol–water partition coefficient (Wildman–Crippen LogP) is 2.57. The number of ether oxygens (including phenoxy) is 1. The van der Waals surface area contributed by atoms with Crippen LogP contribution in [-0.2, 0) is 11.2 Å². The molecule has 102 valence electrons. The van der Waals surface area contributed by atoms with Crippen molar-refractivity contribution in [3.8, 4) is 0 Å². The molecule has 0 fully saturated rings. The first-order valence-corrected chi connectivity index (χ1v) is 6.84. The van der Waals surface area contributed by atoms with Crippen LogP contribution in [0.2, 0.25) is 0 Å². The first-order valence-electron chi connectivity index (χ1n) is 6.84. The third-order valence-electron chi connectivity index (χ3n) is 3.19. The molecule has 3 heteroatoms. The molecule has 0 saturated heterocycles. The second-order valence-corrected chi connectivity index (χ2v) is 4.75. The van der Waals surface area contributed by atoms with Gasteiger partial charge in [-0.15, -0.1) is 0 Å². The summed E-state index contributed by atoms with van der Waals surface area (Å²) < 4.78 is 5.79. The Morgan fingerprint density at radius 1 is 1.22 bits per heavy atom. The molecule has 0 spiro atoms. The number of nitrogens with two attached hydrogens (primary N) is 1. The maximum absolute atomic E-state index is 5.79. The SMILES string of the molecule is CCCC(OCC)C(Cc1ccc(C)cc1)NN. The molecule has 0 aliphatic rings. The summed E-state index contributed by atoms with van der Waals surface area (Å²) in [6.07, 6.45) is 3.23. The first-order chi connectivity index (χ1) is 8.71. The lowest BCUT2D eigenvalue weighted by atomic mass is 9.98. The summed E-state index contributed by atoms with van der Waals surface area (Å²) in [7, 11) is 0. The second-order valence-electron chi connectivity index (χ2n) is 4.75. The highest BCUT2D eigenvalue weighted by molar-refractivity contribution is 5.22. The molecule has 2 atom stereocenters. The van der Waals surface area contributed by atoms with Gasteiger partial charge in [-0.2, -0.15) is 0 Å². The third kappa shape index (κ3) is 4.77. The van der Waals surface area contributed by atoms with Crippen molar-refractivity contribution >= 4 is 0 Å². The van der Waals surface area contributed by atoms with E-state index >= 15 is 0 Å². The third-order valence-corrected chi connectivity index (χ3v) is 3.19. The van der Waals surface area contributed by atoms with Crippen LogP contribution in [0.5, 0.6) is 0 Å². The van der Waals surface area contributed by atoms with E-state index in [9.17, 15) is 0 Å². The molecule has 0 amide bonds. The predicted molar refractivity (Wildman–Crippen MR) is 76.3 cm³/mol. The highest BCUT2D eigenvalue weighted by Crippen LogP contribution is 2.13. The standard InChI is InChI=1S/C15H26N2O/c1-4-6-15(18-5-2)14(17-16)11-13-9-7-12(3)8-10-13/h7-10,14-15,17H,4-6,11,16H2,1-3H3. The van der Waals surface area contributed by atoms with Crippen LogP contribution in [0.1, 0.15) is 37.8 Å². The quantitative estimate of drug-likeness (QED) is 0.550. The Bertz CT molecular complexity index is 318. The molecule has 0 bridgehead atoms. The van der Waals surface area contributed by atoms with Gasteiger partial charge in [0.2, 0.25) is 0 Å². The molecule has 3 nitrogen and oxygen atoms in total. The van der Waals surface area contributed by atoms with Crippen LogP contribution in [-0.4, -0.2) is 18.8 Å². The maximum atomic E-state index is 5.79. The van der Waals surface area contributed by atoms with E-state index in [1.807, 2.05) is 6.92 Å². The van der Waals surface area contributed by atoms with E-state index < -0.39 is 0 Å². The molecule has 0 aliphatic heterocycles. The lowest BCUT2D eigenvalue weighted by Crippen LogP contribution is -2.46. The molecule has 1 rings (SSSR count). The molecular formula is C15H26N2O. The van der Waals surface area contributed by atoms with Crippen molar-refractivity contribution in [1.82, 2.24) is 5.43 Å². The maximum Gasteiger partial charge on any atom is 0.0744 e. The lowest BCUT2D eigenvalue weighted by Gasteiger charge is -2.26. The molecule has 18 heavy (non-hydrogen) atoms. The summed E-state index contributed by atoms with van der Waals surface area (Å²) in [5, 5.41) is 0. The Balaban J connectivity index is 2.66. The molecule has 1 aromatic rings. The molecule has 2 unspecified atom stereocenters. The van der Waals surface area contributed by atoms with Gasteiger partial charge in [0.1, 0.15) is 0 Å². The van der Waals surface area contributed by atoms with Gasteiger partial charge in [-0.1, -0.05) is 43.2 Å². The molecular weight excluding hydrogens is 224 g/mol. The van der Waals surface area contributed by atoms with Crippen LogP contribution >= 0.6 is 0 Å². The van der Waals surface area contributed by atoms with E-state index in [0.29, 0.717) is 0 Å². The van der Waals surface area contributed by atoms with E-state index in [4.69, 9.17) is 10.6 Å². The van der Waals surface area contributed by atoms with Crippen molar-refractivity contribution in [3.63, 3.8) is 0 Å². The minimum Gasteiger partial charge on any atom is -0.377 e. The van der Waals surface area contributed by atoms with Gasteiger partial charge in [0.05, 0.1) is 12.1 Å². The molecule has 0 saturated carbocycles. The smallest absolute Gasteiger partial charge is 0.0744 e. The van der Waals surface area contributed by atoms with Crippen LogP contribution in [0, 0.1) is 6.92 Å². The zero-order chi connectivity index (χ0) is 13.4. The normalized spacial score (nSPS) is 14.4. The van der Waals surface area contributed by atoms with E-state index in [1.165, 1.54) is 11.1 Å². The van der Waals surface area contributed by atoms with Crippen LogP contribution in [0.25, 0.3) is 0 Å². The monoisotopic (exact) mass is 250 g/mol. The Labute approximate surface area is 111 Å². The number of hydrazine groups is 1. The number of hydrogen-bond acceptors (Lipinski definition) is 3. The average molecular weight is 250 g/mol. The molecule has 0 aliphatic carbocycles. The topological polar surface area (TPSA) is 47.3 Å². The van der Waals surface area contributed by atoms with Gasteiger partial charge >= 0.3 is 0 Å². The number of rotatable bonds is 8. The van der Waals surface area contributed by atoms with E-state index in [2.05, 4.69) is 43.5 Å². The van der Waals surface area contributed by atoms with Crippen LogP contribution < -0.4 is 11.3 Å². The Kier molecular flexibility index (Phi) is 6.94. The van der Waals surface area contributed by atoms with Gasteiger partial charge in [-0.25, -0.2) is 0 Å². The second kappa shape index (κ2) is 8.25. The van der Waals surface area contributed by atoms with Gasteiger partial charge in [-0.05, 0) is 32.3 Å². The van der Waals surface area contributed by atoms with E-state index in [1.54, 1.807) is 0 Å². The van der Waals surface area contributed by atoms with Gasteiger partial charge in [0, 0.05) is 6.61 Å². The molecule has 0 radical (unpaired) electrons. The number of aryl methyl sites for hydroxylation is 1. The molecule has 0 aromatic heterocycles. The molecule has 0 heterocycles. The van der Waals surface area contributed by atoms with Crippen LogP contribution in [0.3, 0.4) is 0 Å². The summed E-state index contributed by atoms with van der Waals surface area (Å²) >= 11 is 0. The summed E-state index contributed by atoms with van der Waals surface area (Å²) in [6, 6.07) is 8.77. The molecule has 1 aromatic carbocycles. The highest BCUT2D eigenvalue weighted by atomic mass is 16.5.